The molecular weight excluding hydrogens is 404 g/mol. The van der Waals surface area contributed by atoms with Crippen molar-refractivity contribution in [1.82, 2.24) is 0 Å². The van der Waals surface area contributed by atoms with Crippen LogP contribution in [0.5, 0.6) is 5.75 Å². The maximum Gasteiger partial charge on any atom is 0.228 e. The molecule has 3 rings (SSSR count). The monoisotopic (exact) mass is 420 g/mol. The van der Waals surface area contributed by atoms with E-state index >= 15 is 0 Å². The standard InChI is InChI=1S/C22H17BrN2O2/c23-19-9-7-16(8-10-19)12-22(26)25-20-5-2-6-21(13-20)27-15-18-4-1-3-17(11-18)14-24/h1-11,13H,12,15H2,(H,25,26). The summed E-state index contributed by atoms with van der Waals surface area (Å²) in [5.74, 6) is 0.565. The molecule has 0 unspecified atom stereocenters. The Morgan fingerprint density at radius 3 is 2.56 bits per heavy atom. The summed E-state index contributed by atoms with van der Waals surface area (Å²) in [4.78, 5) is 12.2. The number of hydrogen-bond donors (Lipinski definition) is 1. The van der Waals surface area contributed by atoms with Crippen molar-refractivity contribution in [3.8, 4) is 11.8 Å². The molecule has 0 aliphatic rings. The average Bonchev–Trinajstić information content (AvgIpc) is 2.68. The van der Waals surface area contributed by atoms with Gasteiger partial charge in [0, 0.05) is 16.2 Å². The number of nitriles is 1. The molecule has 0 saturated carbocycles. The molecule has 1 amide bonds. The maximum atomic E-state index is 12.2. The van der Waals surface area contributed by atoms with Crippen LogP contribution in [0.3, 0.4) is 0 Å². The highest BCUT2D eigenvalue weighted by atomic mass is 79.9. The summed E-state index contributed by atoms with van der Waals surface area (Å²) in [7, 11) is 0. The highest BCUT2D eigenvalue weighted by Gasteiger charge is 2.06. The van der Waals surface area contributed by atoms with E-state index in [2.05, 4.69) is 27.3 Å². The molecule has 0 aliphatic heterocycles. The van der Waals surface area contributed by atoms with E-state index in [1.165, 1.54) is 0 Å². The number of ether oxygens (including phenoxy) is 1. The van der Waals surface area contributed by atoms with Gasteiger partial charge in [0.05, 0.1) is 18.1 Å². The van der Waals surface area contributed by atoms with Crippen LogP contribution in [0.1, 0.15) is 16.7 Å². The lowest BCUT2D eigenvalue weighted by Gasteiger charge is -2.10. The number of nitrogens with one attached hydrogen (secondary N) is 1. The molecule has 27 heavy (non-hydrogen) atoms. The Morgan fingerprint density at radius 2 is 1.78 bits per heavy atom. The minimum absolute atomic E-state index is 0.0869. The van der Waals surface area contributed by atoms with Gasteiger partial charge < -0.3 is 10.1 Å². The Labute approximate surface area is 166 Å². The van der Waals surface area contributed by atoms with E-state index in [0.717, 1.165) is 15.6 Å². The topological polar surface area (TPSA) is 62.1 Å². The van der Waals surface area contributed by atoms with E-state index in [-0.39, 0.29) is 5.91 Å². The van der Waals surface area contributed by atoms with E-state index in [9.17, 15) is 4.79 Å². The molecule has 3 aromatic rings. The Bertz CT molecular complexity index is 978. The van der Waals surface area contributed by atoms with Crippen LogP contribution in [0.4, 0.5) is 5.69 Å². The fourth-order valence-electron chi connectivity index (χ4n) is 2.55. The highest BCUT2D eigenvalue weighted by molar-refractivity contribution is 9.10. The fourth-order valence-corrected chi connectivity index (χ4v) is 2.82. The van der Waals surface area contributed by atoms with Gasteiger partial charge in [0.1, 0.15) is 12.4 Å². The van der Waals surface area contributed by atoms with Gasteiger partial charge in [-0.2, -0.15) is 5.26 Å². The first-order chi connectivity index (χ1) is 13.1. The smallest absolute Gasteiger partial charge is 0.228 e. The van der Waals surface area contributed by atoms with Crippen molar-refractivity contribution in [2.24, 2.45) is 0 Å². The maximum absolute atomic E-state index is 12.2. The second-order valence-electron chi connectivity index (χ2n) is 5.98. The van der Waals surface area contributed by atoms with Gasteiger partial charge in [-0.3, -0.25) is 4.79 Å². The summed E-state index contributed by atoms with van der Waals surface area (Å²) >= 11 is 3.38. The van der Waals surface area contributed by atoms with Crippen LogP contribution in [0.15, 0.2) is 77.3 Å². The van der Waals surface area contributed by atoms with Gasteiger partial charge in [0.2, 0.25) is 5.91 Å². The molecule has 134 valence electrons. The Morgan fingerprint density at radius 1 is 1.00 bits per heavy atom. The Hall–Kier alpha value is -3.10. The van der Waals surface area contributed by atoms with E-state index in [0.29, 0.717) is 30.0 Å². The molecule has 0 aromatic heterocycles. The Balaban J connectivity index is 1.58. The number of carbonyl (C=O) groups excluding carboxylic acids is 1. The number of halogens is 1. The van der Waals surface area contributed by atoms with Gasteiger partial charge in [-0.25, -0.2) is 0 Å². The number of carbonyl (C=O) groups is 1. The predicted octanol–water partition coefficient (Wildman–Crippen LogP) is 5.08. The van der Waals surface area contributed by atoms with Gasteiger partial charge in [-0.05, 0) is 47.5 Å². The first kappa shape index (κ1) is 18.7. The molecule has 0 radical (unpaired) electrons. The minimum atomic E-state index is -0.0869. The zero-order valence-electron chi connectivity index (χ0n) is 14.5. The molecule has 4 nitrogen and oxygen atoms in total. The number of anilines is 1. The second-order valence-corrected chi connectivity index (χ2v) is 6.90. The highest BCUT2D eigenvalue weighted by Crippen LogP contribution is 2.19. The summed E-state index contributed by atoms with van der Waals surface area (Å²) in [5.41, 5.74) is 3.14. The molecule has 0 heterocycles. The molecule has 0 fully saturated rings. The van der Waals surface area contributed by atoms with E-state index in [1.54, 1.807) is 18.2 Å². The molecule has 5 heteroatoms. The van der Waals surface area contributed by atoms with Crippen LogP contribution in [0.25, 0.3) is 0 Å². The van der Waals surface area contributed by atoms with E-state index < -0.39 is 0 Å². The summed E-state index contributed by atoms with van der Waals surface area (Å²) in [6.07, 6.45) is 0.305. The van der Waals surface area contributed by atoms with Gasteiger partial charge in [-0.1, -0.05) is 46.3 Å². The SMILES string of the molecule is N#Cc1cccc(COc2cccc(NC(=O)Cc3ccc(Br)cc3)c2)c1. The molecule has 0 spiro atoms. The number of amides is 1. The average molecular weight is 421 g/mol. The Kier molecular flexibility index (Phi) is 6.24. The summed E-state index contributed by atoms with van der Waals surface area (Å²) in [6.45, 7) is 0.353. The lowest BCUT2D eigenvalue weighted by atomic mass is 10.1. The zero-order chi connectivity index (χ0) is 19.1. The third-order valence-corrected chi connectivity index (χ3v) is 4.39. The van der Waals surface area contributed by atoms with Crippen LogP contribution in [-0.2, 0) is 17.8 Å². The van der Waals surface area contributed by atoms with Crippen LogP contribution in [0, 0.1) is 11.3 Å². The number of rotatable bonds is 6. The van der Waals surface area contributed by atoms with Crippen LogP contribution >= 0.6 is 15.9 Å². The van der Waals surface area contributed by atoms with Gasteiger partial charge in [-0.15, -0.1) is 0 Å². The lowest BCUT2D eigenvalue weighted by molar-refractivity contribution is -0.115. The molecule has 0 bridgehead atoms. The summed E-state index contributed by atoms with van der Waals surface area (Å²) < 4.78 is 6.76. The van der Waals surface area contributed by atoms with Crippen molar-refractivity contribution in [3.63, 3.8) is 0 Å². The second kappa shape index (κ2) is 9.02. The number of hydrogen-bond acceptors (Lipinski definition) is 3. The van der Waals surface area contributed by atoms with E-state index in [1.807, 2.05) is 54.6 Å². The number of nitrogens with zero attached hydrogens (tertiary/aromatic N) is 1. The van der Waals surface area contributed by atoms with Crippen molar-refractivity contribution in [3.05, 3.63) is 94.0 Å². The summed E-state index contributed by atoms with van der Waals surface area (Å²) in [5, 5.41) is 11.8. The predicted molar refractivity (Wildman–Crippen MR) is 108 cm³/mol. The molecule has 3 aromatic carbocycles. The first-order valence-corrected chi connectivity index (χ1v) is 9.18. The van der Waals surface area contributed by atoms with Crippen molar-refractivity contribution in [2.45, 2.75) is 13.0 Å². The van der Waals surface area contributed by atoms with Crippen molar-refractivity contribution >= 4 is 27.5 Å². The lowest BCUT2D eigenvalue weighted by Crippen LogP contribution is -2.14. The van der Waals surface area contributed by atoms with Crippen molar-refractivity contribution in [2.75, 3.05) is 5.32 Å². The molecule has 0 atom stereocenters. The number of benzene rings is 3. The fraction of sp³-hybridized carbons (Fsp3) is 0.0909. The van der Waals surface area contributed by atoms with Gasteiger partial charge in [0.25, 0.3) is 0 Å². The van der Waals surface area contributed by atoms with Crippen molar-refractivity contribution < 1.29 is 9.53 Å². The molecule has 1 N–H and O–H groups in total. The largest absolute Gasteiger partial charge is 0.489 e. The van der Waals surface area contributed by atoms with Crippen LogP contribution in [-0.4, -0.2) is 5.91 Å². The third-order valence-electron chi connectivity index (χ3n) is 3.86. The first-order valence-electron chi connectivity index (χ1n) is 8.38. The third kappa shape index (κ3) is 5.70. The zero-order valence-corrected chi connectivity index (χ0v) is 16.1. The molecular formula is C22H17BrN2O2. The van der Waals surface area contributed by atoms with Gasteiger partial charge in [0.15, 0.2) is 0 Å². The quantitative estimate of drug-likeness (QED) is 0.604. The molecule has 0 saturated heterocycles. The molecule has 0 aliphatic carbocycles. The normalized spacial score (nSPS) is 10.1. The van der Waals surface area contributed by atoms with Crippen LogP contribution < -0.4 is 10.1 Å². The minimum Gasteiger partial charge on any atom is -0.489 e. The summed E-state index contributed by atoms with van der Waals surface area (Å²) in [6, 6.07) is 24.3. The van der Waals surface area contributed by atoms with Crippen molar-refractivity contribution in [1.29, 1.82) is 5.26 Å². The van der Waals surface area contributed by atoms with E-state index in [4.69, 9.17) is 10.00 Å². The van der Waals surface area contributed by atoms with Gasteiger partial charge >= 0.3 is 0 Å². The van der Waals surface area contributed by atoms with Crippen LogP contribution in [0.2, 0.25) is 0 Å².